The zero-order valence-corrected chi connectivity index (χ0v) is 16.8. The first kappa shape index (κ1) is 18.4. The molecule has 0 N–H and O–H groups in total. The average Bonchev–Trinajstić information content (AvgIpc) is 3.42. The van der Waals surface area contributed by atoms with Gasteiger partial charge >= 0.3 is 5.63 Å². The fraction of sp³-hybridized carbons (Fsp3) is 0.0870. The Morgan fingerprint density at radius 3 is 2.83 bits per heavy atom. The summed E-state index contributed by atoms with van der Waals surface area (Å²) in [4.78, 5) is 12.1. The molecule has 0 fully saturated rings. The zero-order valence-electron chi connectivity index (χ0n) is 15.9. The van der Waals surface area contributed by atoms with Crippen molar-refractivity contribution in [3.8, 4) is 11.6 Å². The van der Waals surface area contributed by atoms with Crippen molar-refractivity contribution in [3.05, 3.63) is 89.5 Å². The van der Waals surface area contributed by atoms with E-state index in [1.807, 2.05) is 53.1 Å². The molecule has 0 saturated heterocycles. The van der Waals surface area contributed by atoms with Crippen LogP contribution in [0.4, 0.5) is 0 Å². The Morgan fingerprint density at radius 2 is 2.00 bits per heavy atom. The number of furan rings is 1. The number of nitrogens with zero attached hydrogens (tertiary/aromatic N) is 3. The van der Waals surface area contributed by atoms with E-state index in [9.17, 15) is 4.79 Å². The van der Waals surface area contributed by atoms with Gasteiger partial charge in [0.05, 0.1) is 6.26 Å². The minimum atomic E-state index is -0.364. The van der Waals surface area contributed by atoms with Crippen LogP contribution >= 0.6 is 11.8 Å². The van der Waals surface area contributed by atoms with Gasteiger partial charge in [0.25, 0.3) is 0 Å². The summed E-state index contributed by atoms with van der Waals surface area (Å²) in [6, 6.07) is 17.1. The molecule has 30 heavy (non-hydrogen) atoms. The topological polar surface area (TPSA) is 74.1 Å². The van der Waals surface area contributed by atoms with Gasteiger partial charge in [-0.25, -0.2) is 4.79 Å². The summed E-state index contributed by atoms with van der Waals surface area (Å²) in [5, 5.41) is 12.4. The lowest BCUT2D eigenvalue weighted by molar-refractivity contribution is 0.560. The van der Waals surface area contributed by atoms with Gasteiger partial charge in [-0.3, -0.25) is 4.57 Å². The van der Waals surface area contributed by atoms with Crippen LogP contribution in [0, 0.1) is 0 Å². The molecule has 7 heteroatoms. The molecule has 3 aromatic heterocycles. The maximum atomic E-state index is 12.1. The highest BCUT2D eigenvalue weighted by molar-refractivity contribution is 7.98. The predicted octanol–water partition coefficient (Wildman–Crippen LogP) is 5.28. The lowest BCUT2D eigenvalue weighted by atomic mass is 10.0. The van der Waals surface area contributed by atoms with Crippen LogP contribution in [0.1, 0.15) is 5.56 Å². The number of allylic oxidation sites excluding steroid dienone is 1. The minimum absolute atomic E-state index is 0.364. The summed E-state index contributed by atoms with van der Waals surface area (Å²) in [5.74, 6) is 1.84. The van der Waals surface area contributed by atoms with E-state index in [2.05, 4.69) is 16.8 Å². The molecule has 0 radical (unpaired) electrons. The number of thioether (sulfide) groups is 1. The van der Waals surface area contributed by atoms with E-state index in [0.717, 1.165) is 26.9 Å². The quantitative estimate of drug-likeness (QED) is 0.163. The lowest BCUT2D eigenvalue weighted by Gasteiger charge is -2.09. The molecular formula is C23H17N3O3S. The van der Waals surface area contributed by atoms with Crippen molar-refractivity contribution < 1.29 is 8.83 Å². The van der Waals surface area contributed by atoms with Crippen LogP contribution in [0.15, 0.2) is 92.3 Å². The van der Waals surface area contributed by atoms with Crippen molar-refractivity contribution in [1.29, 1.82) is 0 Å². The van der Waals surface area contributed by atoms with Crippen LogP contribution in [0.3, 0.4) is 0 Å². The minimum Gasteiger partial charge on any atom is -0.461 e. The Bertz CT molecular complexity index is 1420. The second kappa shape index (κ2) is 7.68. The van der Waals surface area contributed by atoms with Crippen molar-refractivity contribution in [1.82, 2.24) is 14.8 Å². The van der Waals surface area contributed by atoms with E-state index >= 15 is 0 Å². The summed E-state index contributed by atoms with van der Waals surface area (Å²) in [6.45, 7) is 4.38. The SMILES string of the molecule is C=CCn1c(SCc2cc(=O)oc3ccc4ccccc4c23)nnc1-c1ccco1. The number of hydrogen-bond donors (Lipinski definition) is 0. The van der Waals surface area contributed by atoms with Crippen molar-refractivity contribution in [2.24, 2.45) is 0 Å². The van der Waals surface area contributed by atoms with E-state index in [0.29, 0.717) is 29.5 Å². The lowest BCUT2D eigenvalue weighted by Crippen LogP contribution is -2.02. The molecule has 0 bridgehead atoms. The van der Waals surface area contributed by atoms with Gasteiger partial charge in [0.15, 0.2) is 10.9 Å². The van der Waals surface area contributed by atoms with E-state index in [1.54, 1.807) is 18.4 Å². The van der Waals surface area contributed by atoms with Crippen LogP contribution in [-0.2, 0) is 12.3 Å². The van der Waals surface area contributed by atoms with Gasteiger partial charge in [0.2, 0.25) is 5.82 Å². The molecule has 0 aliphatic rings. The highest BCUT2D eigenvalue weighted by atomic mass is 32.2. The molecule has 0 aliphatic heterocycles. The van der Waals surface area contributed by atoms with Gasteiger partial charge in [0, 0.05) is 23.8 Å². The molecule has 3 heterocycles. The number of rotatable bonds is 6. The zero-order chi connectivity index (χ0) is 20.5. The van der Waals surface area contributed by atoms with Crippen LogP contribution < -0.4 is 5.63 Å². The van der Waals surface area contributed by atoms with Gasteiger partial charge in [0.1, 0.15) is 5.58 Å². The largest absolute Gasteiger partial charge is 0.461 e. The molecule has 0 atom stereocenters. The first-order chi connectivity index (χ1) is 14.7. The van der Waals surface area contributed by atoms with E-state index in [1.165, 1.54) is 11.8 Å². The molecule has 0 amide bonds. The molecule has 148 valence electrons. The summed E-state index contributed by atoms with van der Waals surface area (Å²) in [5.41, 5.74) is 1.12. The number of hydrogen-bond acceptors (Lipinski definition) is 6. The fourth-order valence-electron chi connectivity index (χ4n) is 3.55. The first-order valence-corrected chi connectivity index (χ1v) is 10.4. The second-order valence-electron chi connectivity index (χ2n) is 6.72. The number of benzene rings is 2. The van der Waals surface area contributed by atoms with Crippen LogP contribution in [-0.4, -0.2) is 14.8 Å². The molecule has 0 spiro atoms. The Balaban J connectivity index is 1.57. The Kier molecular flexibility index (Phi) is 4.72. The van der Waals surface area contributed by atoms with Crippen molar-refractivity contribution in [3.63, 3.8) is 0 Å². The average molecular weight is 415 g/mol. The standard InChI is InChI=1S/C23H17N3O3S/c1-2-11-26-22(19-8-5-12-28-19)24-25-23(26)30-14-16-13-20(27)29-18-10-9-15-6-3-4-7-17(15)21(16)18/h2-10,12-13H,1,11,14H2. The number of aromatic nitrogens is 3. The van der Waals surface area contributed by atoms with E-state index < -0.39 is 0 Å². The van der Waals surface area contributed by atoms with E-state index in [-0.39, 0.29) is 5.63 Å². The van der Waals surface area contributed by atoms with Crippen LogP contribution in [0.25, 0.3) is 33.3 Å². The number of fused-ring (bicyclic) bond motifs is 3. The predicted molar refractivity (Wildman–Crippen MR) is 117 cm³/mol. The first-order valence-electron chi connectivity index (χ1n) is 9.40. The van der Waals surface area contributed by atoms with Gasteiger partial charge < -0.3 is 8.83 Å². The Labute approximate surface area is 175 Å². The van der Waals surface area contributed by atoms with Crippen molar-refractivity contribution in [2.75, 3.05) is 0 Å². The smallest absolute Gasteiger partial charge is 0.336 e. The van der Waals surface area contributed by atoms with Gasteiger partial charge in [-0.05, 0) is 34.5 Å². The van der Waals surface area contributed by atoms with Gasteiger partial charge in [-0.1, -0.05) is 48.2 Å². The van der Waals surface area contributed by atoms with E-state index in [4.69, 9.17) is 8.83 Å². The molecule has 6 nitrogen and oxygen atoms in total. The third kappa shape index (κ3) is 3.23. The molecule has 0 saturated carbocycles. The summed E-state index contributed by atoms with van der Waals surface area (Å²) >= 11 is 1.51. The van der Waals surface area contributed by atoms with Crippen LogP contribution in [0.2, 0.25) is 0 Å². The second-order valence-corrected chi connectivity index (χ2v) is 7.66. The molecule has 2 aromatic carbocycles. The molecular weight excluding hydrogens is 398 g/mol. The molecule has 5 rings (SSSR count). The highest BCUT2D eigenvalue weighted by Crippen LogP contribution is 2.32. The normalized spacial score (nSPS) is 11.3. The third-order valence-electron chi connectivity index (χ3n) is 4.84. The Morgan fingerprint density at radius 1 is 1.10 bits per heavy atom. The molecule has 0 unspecified atom stereocenters. The van der Waals surface area contributed by atoms with Crippen molar-refractivity contribution in [2.45, 2.75) is 17.5 Å². The fourth-order valence-corrected chi connectivity index (χ4v) is 4.48. The van der Waals surface area contributed by atoms with Gasteiger partial charge in [-0.2, -0.15) is 0 Å². The summed E-state index contributed by atoms with van der Waals surface area (Å²) in [7, 11) is 0. The van der Waals surface area contributed by atoms with Crippen LogP contribution in [0.5, 0.6) is 0 Å². The maximum absolute atomic E-state index is 12.1. The van der Waals surface area contributed by atoms with Gasteiger partial charge in [-0.15, -0.1) is 16.8 Å². The summed E-state index contributed by atoms with van der Waals surface area (Å²) < 4.78 is 12.9. The Hall–Kier alpha value is -3.58. The highest BCUT2D eigenvalue weighted by Gasteiger charge is 2.17. The summed E-state index contributed by atoms with van der Waals surface area (Å²) in [6.07, 6.45) is 3.40. The third-order valence-corrected chi connectivity index (χ3v) is 5.86. The molecule has 5 aromatic rings. The van der Waals surface area contributed by atoms with Crippen molar-refractivity contribution >= 4 is 33.5 Å². The monoisotopic (exact) mass is 415 g/mol. The molecule has 0 aliphatic carbocycles. The maximum Gasteiger partial charge on any atom is 0.336 e.